The average Bonchev–Trinajstić information content (AvgIpc) is 3.38. The van der Waals surface area contributed by atoms with Gasteiger partial charge in [-0.1, -0.05) is 11.3 Å². The van der Waals surface area contributed by atoms with Crippen LogP contribution in [0.3, 0.4) is 0 Å². The second-order valence-corrected chi connectivity index (χ2v) is 7.92. The number of halogens is 2. The van der Waals surface area contributed by atoms with Gasteiger partial charge in [-0.2, -0.15) is 0 Å². The van der Waals surface area contributed by atoms with Gasteiger partial charge in [0.2, 0.25) is 5.91 Å². The van der Waals surface area contributed by atoms with Gasteiger partial charge in [-0.05, 0) is 31.9 Å². The number of anilines is 2. The highest BCUT2D eigenvalue weighted by Crippen LogP contribution is 2.28. The summed E-state index contributed by atoms with van der Waals surface area (Å²) in [7, 11) is 0. The molecular weight excluding hydrogens is 416 g/mol. The minimum Gasteiger partial charge on any atom is -0.348 e. The Morgan fingerprint density at radius 1 is 1.17 bits per heavy atom. The molecule has 1 aliphatic rings. The predicted molar refractivity (Wildman–Crippen MR) is 110 cm³/mol. The molecule has 0 spiro atoms. The number of carbonyl (C=O) groups is 1. The van der Waals surface area contributed by atoms with E-state index in [4.69, 9.17) is 0 Å². The minimum atomic E-state index is -1.10. The lowest BCUT2D eigenvalue weighted by Crippen LogP contribution is -2.41. The number of thiazole rings is 1. The minimum absolute atomic E-state index is 0.0584. The molecule has 1 fully saturated rings. The Balaban J connectivity index is 1.72. The molecule has 8 nitrogen and oxygen atoms in total. The van der Waals surface area contributed by atoms with Crippen LogP contribution in [0.5, 0.6) is 0 Å². The standard InChI is InChI=1S/C19H19F2N5O3S/c1-2-25-17(28)15-16(23-18(30-15)24-7-3-4-8-24)26(19(25)29)10-14(27)22-11-5-6-12(20)13(21)9-11/h5-6,9H,2-4,7-8,10H2,1H3,(H,22,27). The van der Waals surface area contributed by atoms with Crippen LogP contribution in [-0.4, -0.2) is 33.1 Å². The van der Waals surface area contributed by atoms with Gasteiger partial charge in [0.15, 0.2) is 22.4 Å². The first kappa shape index (κ1) is 20.2. The van der Waals surface area contributed by atoms with Crippen molar-refractivity contribution in [1.29, 1.82) is 0 Å². The van der Waals surface area contributed by atoms with Crippen molar-refractivity contribution in [3.05, 3.63) is 50.7 Å². The van der Waals surface area contributed by atoms with Gasteiger partial charge < -0.3 is 10.2 Å². The van der Waals surface area contributed by atoms with Crippen molar-refractivity contribution in [1.82, 2.24) is 14.1 Å². The van der Waals surface area contributed by atoms with Crippen LogP contribution in [-0.2, 0) is 17.9 Å². The molecule has 30 heavy (non-hydrogen) atoms. The van der Waals surface area contributed by atoms with E-state index in [-0.39, 0.29) is 17.9 Å². The topological polar surface area (TPSA) is 89.2 Å². The Bertz CT molecular complexity index is 1240. The van der Waals surface area contributed by atoms with Crippen molar-refractivity contribution in [3.63, 3.8) is 0 Å². The summed E-state index contributed by atoms with van der Waals surface area (Å²) in [6.45, 7) is 3.04. The van der Waals surface area contributed by atoms with Crippen LogP contribution in [0.1, 0.15) is 19.8 Å². The second-order valence-electron chi connectivity index (χ2n) is 6.94. The summed E-state index contributed by atoms with van der Waals surface area (Å²) in [5.74, 6) is -2.75. The fraction of sp³-hybridized carbons (Fsp3) is 0.368. The van der Waals surface area contributed by atoms with Crippen LogP contribution >= 0.6 is 11.3 Å². The molecule has 4 rings (SSSR count). The van der Waals surface area contributed by atoms with E-state index in [0.717, 1.165) is 47.2 Å². The summed E-state index contributed by atoms with van der Waals surface area (Å²) < 4.78 is 29.0. The van der Waals surface area contributed by atoms with E-state index < -0.39 is 35.3 Å². The van der Waals surface area contributed by atoms with Gasteiger partial charge in [0.05, 0.1) is 0 Å². The number of hydrogen-bond acceptors (Lipinski definition) is 6. The van der Waals surface area contributed by atoms with Crippen molar-refractivity contribution >= 4 is 38.4 Å². The summed E-state index contributed by atoms with van der Waals surface area (Å²) in [5.41, 5.74) is -0.864. The van der Waals surface area contributed by atoms with E-state index in [1.165, 1.54) is 17.4 Å². The van der Waals surface area contributed by atoms with E-state index in [1.54, 1.807) is 6.92 Å². The molecule has 0 radical (unpaired) electrons. The molecule has 0 bridgehead atoms. The lowest BCUT2D eigenvalue weighted by atomic mass is 10.3. The summed E-state index contributed by atoms with van der Waals surface area (Å²) >= 11 is 1.21. The number of nitrogens with zero attached hydrogens (tertiary/aromatic N) is 4. The molecule has 0 unspecified atom stereocenters. The number of amides is 1. The van der Waals surface area contributed by atoms with Gasteiger partial charge in [0, 0.05) is 31.4 Å². The Morgan fingerprint density at radius 2 is 1.90 bits per heavy atom. The predicted octanol–water partition coefficient (Wildman–Crippen LogP) is 2.16. The Labute approximate surface area is 173 Å². The third-order valence-electron chi connectivity index (χ3n) is 4.95. The van der Waals surface area contributed by atoms with Gasteiger partial charge >= 0.3 is 5.69 Å². The zero-order chi connectivity index (χ0) is 21.4. The van der Waals surface area contributed by atoms with Gasteiger partial charge in [0.25, 0.3) is 5.56 Å². The van der Waals surface area contributed by atoms with E-state index in [0.29, 0.717) is 9.83 Å². The molecule has 11 heteroatoms. The van der Waals surface area contributed by atoms with Crippen molar-refractivity contribution in [2.45, 2.75) is 32.9 Å². The van der Waals surface area contributed by atoms with Crippen molar-refractivity contribution < 1.29 is 13.6 Å². The summed E-state index contributed by atoms with van der Waals surface area (Å²) in [6, 6.07) is 2.97. The van der Waals surface area contributed by atoms with Crippen LogP contribution in [0.15, 0.2) is 27.8 Å². The first-order valence-electron chi connectivity index (χ1n) is 9.53. The first-order chi connectivity index (χ1) is 14.4. The van der Waals surface area contributed by atoms with Gasteiger partial charge in [0.1, 0.15) is 11.2 Å². The average molecular weight is 435 g/mol. The number of carbonyl (C=O) groups excluding carboxylic acids is 1. The maximum Gasteiger partial charge on any atom is 0.333 e. The van der Waals surface area contributed by atoms with Crippen LogP contribution in [0.2, 0.25) is 0 Å². The monoisotopic (exact) mass is 435 g/mol. The molecule has 1 saturated heterocycles. The van der Waals surface area contributed by atoms with E-state index >= 15 is 0 Å². The summed E-state index contributed by atoms with van der Waals surface area (Å²) in [6.07, 6.45) is 2.05. The van der Waals surface area contributed by atoms with Crippen LogP contribution in [0, 0.1) is 11.6 Å². The number of fused-ring (bicyclic) bond motifs is 1. The fourth-order valence-corrected chi connectivity index (χ4v) is 4.52. The lowest BCUT2D eigenvalue weighted by Gasteiger charge is -2.12. The van der Waals surface area contributed by atoms with Crippen molar-refractivity contribution in [3.8, 4) is 0 Å². The molecule has 158 valence electrons. The van der Waals surface area contributed by atoms with E-state index in [2.05, 4.69) is 15.2 Å². The van der Waals surface area contributed by atoms with Gasteiger partial charge in [-0.25, -0.2) is 18.6 Å². The number of nitrogens with one attached hydrogen (secondary N) is 1. The molecule has 1 amide bonds. The maximum absolute atomic E-state index is 13.4. The number of benzene rings is 1. The van der Waals surface area contributed by atoms with E-state index in [9.17, 15) is 23.2 Å². The quantitative estimate of drug-likeness (QED) is 0.664. The molecule has 0 atom stereocenters. The Kier molecular flexibility index (Phi) is 5.37. The zero-order valence-corrected chi connectivity index (χ0v) is 17.0. The third kappa shape index (κ3) is 3.60. The van der Waals surface area contributed by atoms with Crippen LogP contribution in [0.4, 0.5) is 19.6 Å². The number of rotatable bonds is 5. The highest BCUT2D eigenvalue weighted by atomic mass is 32.1. The van der Waals surface area contributed by atoms with Crippen molar-refractivity contribution in [2.24, 2.45) is 0 Å². The molecule has 0 saturated carbocycles. The molecule has 2 aromatic heterocycles. The maximum atomic E-state index is 13.4. The van der Waals surface area contributed by atoms with Crippen LogP contribution < -0.4 is 21.5 Å². The SMILES string of the molecule is CCn1c(=O)c2sc(N3CCCC3)nc2n(CC(=O)Nc2ccc(F)c(F)c2)c1=O. The molecule has 0 aliphatic carbocycles. The highest BCUT2D eigenvalue weighted by molar-refractivity contribution is 7.22. The summed E-state index contributed by atoms with van der Waals surface area (Å²) in [4.78, 5) is 44.6. The molecule has 1 aromatic carbocycles. The second kappa shape index (κ2) is 7.98. The molecule has 1 aliphatic heterocycles. The normalized spacial score (nSPS) is 13.9. The molecule has 3 heterocycles. The molecule has 1 N–H and O–H groups in total. The Morgan fingerprint density at radius 3 is 2.57 bits per heavy atom. The van der Waals surface area contributed by atoms with E-state index in [1.807, 2.05) is 0 Å². The lowest BCUT2D eigenvalue weighted by molar-refractivity contribution is -0.116. The fourth-order valence-electron chi connectivity index (χ4n) is 3.45. The zero-order valence-electron chi connectivity index (χ0n) is 16.2. The summed E-state index contributed by atoms with van der Waals surface area (Å²) in [5, 5.41) is 3.08. The third-order valence-corrected chi connectivity index (χ3v) is 6.05. The van der Waals surface area contributed by atoms with Crippen molar-refractivity contribution in [2.75, 3.05) is 23.3 Å². The Hall–Kier alpha value is -3.08. The highest BCUT2D eigenvalue weighted by Gasteiger charge is 2.22. The number of aromatic nitrogens is 3. The smallest absolute Gasteiger partial charge is 0.333 e. The largest absolute Gasteiger partial charge is 0.348 e. The van der Waals surface area contributed by atoms with Gasteiger partial charge in [-0.15, -0.1) is 0 Å². The molecular formula is C19H19F2N5O3S. The van der Waals surface area contributed by atoms with Gasteiger partial charge in [-0.3, -0.25) is 18.7 Å². The first-order valence-corrected chi connectivity index (χ1v) is 10.3. The van der Waals surface area contributed by atoms with Crippen LogP contribution in [0.25, 0.3) is 10.3 Å². The molecule has 3 aromatic rings. The number of hydrogen-bond donors (Lipinski definition) is 1.